The van der Waals surface area contributed by atoms with E-state index in [-0.39, 0.29) is 12.5 Å². The molecule has 2 heterocycles. The van der Waals surface area contributed by atoms with Gasteiger partial charge in [0.05, 0.1) is 19.3 Å². The van der Waals surface area contributed by atoms with Gasteiger partial charge in [-0.1, -0.05) is 35.5 Å². The van der Waals surface area contributed by atoms with Crippen LogP contribution in [0.2, 0.25) is 0 Å². The second kappa shape index (κ2) is 8.34. The SMILES string of the molecule is O=C(NCc1cn(Cc2cccc(Oc3ccccc3)c2)nn1)C1COC=N1. The monoisotopic (exact) mass is 377 g/mol. The van der Waals surface area contributed by atoms with Crippen molar-refractivity contribution in [3.05, 3.63) is 72.1 Å². The third kappa shape index (κ3) is 4.53. The second-order valence-electron chi connectivity index (χ2n) is 6.29. The van der Waals surface area contributed by atoms with Crippen molar-refractivity contribution in [3.8, 4) is 11.5 Å². The van der Waals surface area contributed by atoms with Crippen molar-refractivity contribution in [2.75, 3.05) is 6.61 Å². The maximum atomic E-state index is 11.9. The normalized spacial score (nSPS) is 15.2. The Kier molecular flexibility index (Phi) is 5.28. The molecule has 1 amide bonds. The van der Waals surface area contributed by atoms with E-state index in [4.69, 9.17) is 9.47 Å². The summed E-state index contributed by atoms with van der Waals surface area (Å²) in [5.41, 5.74) is 1.71. The summed E-state index contributed by atoms with van der Waals surface area (Å²) in [7, 11) is 0. The molecule has 8 nitrogen and oxygen atoms in total. The Balaban J connectivity index is 1.34. The molecule has 1 aliphatic rings. The molecule has 1 unspecified atom stereocenters. The topological polar surface area (TPSA) is 90.6 Å². The van der Waals surface area contributed by atoms with Crippen molar-refractivity contribution in [1.29, 1.82) is 0 Å². The molecule has 142 valence electrons. The minimum Gasteiger partial charge on any atom is -0.481 e. The van der Waals surface area contributed by atoms with Crippen molar-refractivity contribution in [1.82, 2.24) is 20.3 Å². The predicted octanol–water partition coefficient (Wildman–Crippen LogP) is 2.16. The first-order valence-electron chi connectivity index (χ1n) is 8.88. The van der Waals surface area contributed by atoms with Gasteiger partial charge in [0.15, 0.2) is 12.4 Å². The summed E-state index contributed by atoms with van der Waals surface area (Å²) in [4.78, 5) is 15.9. The molecule has 1 N–H and O–H groups in total. The molecular formula is C20H19N5O3. The van der Waals surface area contributed by atoms with Gasteiger partial charge in [-0.05, 0) is 29.8 Å². The maximum Gasteiger partial charge on any atom is 0.248 e. The second-order valence-corrected chi connectivity index (χ2v) is 6.29. The highest BCUT2D eigenvalue weighted by molar-refractivity contribution is 5.84. The van der Waals surface area contributed by atoms with Crippen molar-refractivity contribution in [3.63, 3.8) is 0 Å². The number of hydrogen-bond donors (Lipinski definition) is 1. The fourth-order valence-electron chi connectivity index (χ4n) is 2.75. The lowest BCUT2D eigenvalue weighted by atomic mass is 10.2. The number of nitrogens with one attached hydrogen (secondary N) is 1. The minimum atomic E-state index is -0.484. The quantitative estimate of drug-likeness (QED) is 0.681. The fraction of sp³-hybridized carbons (Fsp3) is 0.200. The molecule has 28 heavy (non-hydrogen) atoms. The van der Waals surface area contributed by atoms with Gasteiger partial charge < -0.3 is 14.8 Å². The van der Waals surface area contributed by atoms with E-state index < -0.39 is 6.04 Å². The van der Waals surface area contributed by atoms with Crippen LogP contribution in [-0.2, 0) is 22.6 Å². The molecule has 0 saturated heterocycles. The lowest BCUT2D eigenvalue weighted by molar-refractivity contribution is -0.122. The number of rotatable bonds is 7. The summed E-state index contributed by atoms with van der Waals surface area (Å²) in [6.45, 7) is 1.12. The first kappa shape index (κ1) is 17.7. The van der Waals surface area contributed by atoms with Crippen LogP contribution in [0.15, 0.2) is 65.8 Å². The van der Waals surface area contributed by atoms with Gasteiger partial charge in [-0.2, -0.15) is 0 Å². The van der Waals surface area contributed by atoms with Gasteiger partial charge in [0.2, 0.25) is 5.91 Å². The van der Waals surface area contributed by atoms with Crippen molar-refractivity contribution in [2.24, 2.45) is 4.99 Å². The summed E-state index contributed by atoms with van der Waals surface area (Å²) in [6, 6.07) is 17.0. The van der Waals surface area contributed by atoms with E-state index in [1.165, 1.54) is 6.40 Å². The van der Waals surface area contributed by atoms with Crippen LogP contribution in [0.3, 0.4) is 0 Å². The number of nitrogens with zero attached hydrogens (tertiary/aromatic N) is 4. The molecule has 4 rings (SSSR count). The molecule has 1 aliphatic heterocycles. The lowest BCUT2D eigenvalue weighted by Crippen LogP contribution is -2.34. The third-order valence-electron chi connectivity index (χ3n) is 4.12. The molecule has 0 radical (unpaired) electrons. The van der Waals surface area contributed by atoms with Crippen LogP contribution < -0.4 is 10.1 Å². The molecule has 0 spiro atoms. The Hall–Kier alpha value is -3.68. The van der Waals surface area contributed by atoms with Gasteiger partial charge in [-0.3, -0.25) is 4.79 Å². The zero-order valence-electron chi connectivity index (χ0n) is 15.1. The van der Waals surface area contributed by atoms with Gasteiger partial charge in [0, 0.05) is 0 Å². The first-order valence-corrected chi connectivity index (χ1v) is 8.88. The van der Waals surface area contributed by atoms with Crippen LogP contribution in [0.25, 0.3) is 0 Å². The molecule has 2 aromatic carbocycles. The minimum absolute atomic E-state index is 0.186. The van der Waals surface area contributed by atoms with E-state index in [0.717, 1.165) is 17.1 Å². The highest BCUT2D eigenvalue weighted by atomic mass is 16.5. The number of amides is 1. The first-order chi connectivity index (χ1) is 13.8. The number of ether oxygens (including phenoxy) is 2. The molecule has 0 bridgehead atoms. The van der Waals surface area contributed by atoms with E-state index in [1.54, 1.807) is 10.9 Å². The van der Waals surface area contributed by atoms with Crippen molar-refractivity contribution < 1.29 is 14.3 Å². The number of carbonyl (C=O) groups excluding carboxylic acids is 1. The fourth-order valence-corrected chi connectivity index (χ4v) is 2.75. The molecule has 1 atom stereocenters. The average Bonchev–Trinajstić information content (AvgIpc) is 3.40. The average molecular weight is 377 g/mol. The Morgan fingerprint density at radius 2 is 2.04 bits per heavy atom. The summed E-state index contributed by atoms with van der Waals surface area (Å²) in [5, 5.41) is 11.0. The Labute approximate surface area is 161 Å². The number of aliphatic imine (C=N–C) groups is 1. The van der Waals surface area contributed by atoms with Gasteiger partial charge in [0.25, 0.3) is 0 Å². The van der Waals surface area contributed by atoms with Crippen LogP contribution in [-0.4, -0.2) is 40.0 Å². The molecule has 3 aromatic rings. The lowest BCUT2D eigenvalue weighted by Gasteiger charge is -2.07. The van der Waals surface area contributed by atoms with Gasteiger partial charge in [-0.15, -0.1) is 5.10 Å². The smallest absolute Gasteiger partial charge is 0.248 e. The largest absolute Gasteiger partial charge is 0.481 e. The number of hydrogen-bond acceptors (Lipinski definition) is 6. The highest BCUT2D eigenvalue weighted by Crippen LogP contribution is 2.22. The summed E-state index contributed by atoms with van der Waals surface area (Å²) < 4.78 is 12.5. The Bertz CT molecular complexity index is 971. The van der Waals surface area contributed by atoms with Crippen molar-refractivity contribution >= 4 is 12.3 Å². The van der Waals surface area contributed by atoms with Crippen LogP contribution in [0.5, 0.6) is 11.5 Å². The van der Waals surface area contributed by atoms with Gasteiger partial charge in [0.1, 0.15) is 23.8 Å². The Morgan fingerprint density at radius 1 is 1.18 bits per heavy atom. The highest BCUT2D eigenvalue weighted by Gasteiger charge is 2.20. The zero-order chi connectivity index (χ0) is 19.2. The van der Waals surface area contributed by atoms with Crippen LogP contribution in [0.1, 0.15) is 11.3 Å². The number of benzene rings is 2. The molecular weight excluding hydrogens is 358 g/mol. The molecule has 8 heteroatoms. The van der Waals surface area contributed by atoms with E-state index >= 15 is 0 Å². The Morgan fingerprint density at radius 3 is 2.86 bits per heavy atom. The third-order valence-corrected chi connectivity index (χ3v) is 4.12. The van der Waals surface area contributed by atoms with Gasteiger partial charge >= 0.3 is 0 Å². The van der Waals surface area contributed by atoms with Crippen LogP contribution >= 0.6 is 0 Å². The zero-order valence-corrected chi connectivity index (χ0v) is 15.1. The van der Waals surface area contributed by atoms with E-state index in [9.17, 15) is 4.79 Å². The number of para-hydroxylation sites is 1. The summed E-state index contributed by atoms with van der Waals surface area (Å²) in [6.07, 6.45) is 3.11. The van der Waals surface area contributed by atoms with E-state index in [1.807, 2.05) is 54.6 Å². The molecule has 1 aromatic heterocycles. The maximum absolute atomic E-state index is 11.9. The number of carbonyl (C=O) groups is 1. The van der Waals surface area contributed by atoms with E-state index in [0.29, 0.717) is 18.8 Å². The van der Waals surface area contributed by atoms with Gasteiger partial charge in [-0.25, -0.2) is 9.67 Å². The summed E-state index contributed by atoms with van der Waals surface area (Å²) >= 11 is 0. The van der Waals surface area contributed by atoms with Crippen LogP contribution in [0.4, 0.5) is 0 Å². The van der Waals surface area contributed by atoms with Crippen LogP contribution in [0, 0.1) is 0 Å². The van der Waals surface area contributed by atoms with E-state index in [2.05, 4.69) is 20.6 Å². The molecule has 0 saturated carbocycles. The number of aromatic nitrogens is 3. The van der Waals surface area contributed by atoms with Crippen molar-refractivity contribution in [2.45, 2.75) is 19.1 Å². The molecule has 0 aliphatic carbocycles. The predicted molar refractivity (Wildman–Crippen MR) is 102 cm³/mol. The summed E-state index contributed by atoms with van der Waals surface area (Å²) in [5.74, 6) is 1.36. The molecule has 0 fully saturated rings. The standard InChI is InChI=1S/C20H19N5O3/c26-20(19-13-27-14-22-19)21-10-16-12-25(24-23-16)11-15-5-4-8-18(9-15)28-17-6-2-1-3-7-17/h1-9,12,14,19H,10-11,13H2,(H,21,26).